The molecule has 0 N–H and O–H groups in total. The van der Waals surface area contributed by atoms with E-state index in [1.165, 1.54) is 81.4 Å². The fraction of sp³-hybridized carbons (Fsp3) is 0. The number of hydrogen-bond acceptors (Lipinski definition) is 1. The number of fused-ring (bicyclic) bond motifs is 7. The summed E-state index contributed by atoms with van der Waals surface area (Å²) < 4.78 is 0. The van der Waals surface area contributed by atoms with Gasteiger partial charge in [0.05, 0.1) is 5.69 Å². The van der Waals surface area contributed by atoms with Crippen LogP contribution in [0.25, 0.3) is 75.8 Å². The Labute approximate surface area is 284 Å². The van der Waals surface area contributed by atoms with E-state index in [2.05, 4.69) is 193 Å². The second kappa shape index (κ2) is 11.1. The molecule has 49 heavy (non-hydrogen) atoms. The van der Waals surface area contributed by atoms with Crippen LogP contribution < -0.4 is 4.90 Å². The van der Waals surface area contributed by atoms with E-state index >= 15 is 0 Å². The van der Waals surface area contributed by atoms with Crippen molar-refractivity contribution >= 4 is 81.7 Å². The van der Waals surface area contributed by atoms with Gasteiger partial charge in [-0.15, -0.1) is 0 Å². The van der Waals surface area contributed by atoms with Crippen LogP contribution in [-0.4, -0.2) is 0 Å². The van der Waals surface area contributed by atoms with Gasteiger partial charge in [0.25, 0.3) is 0 Å². The van der Waals surface area contributed by atoms with Crippen molar-refractivity contribution in [3.63, 3.8) is 0 Å². The zero-order valence-electron chi connectivity index (χ0n) is 26.8. The molecule has 10 aromatic rings. The minimum Gasteiger partial charge on any atom is -0.309 e. The molecule has 0 bridgehead atoms. The zero-order chi connectivity index (χ0) is 32.3. The van der Waals surface area contributed by atoms with Crippen molar-refractivity contribution in [2.75, 3.05) is 4.90 Å². The number of anilines is 3. The van der Waals surface area contributed by atoms with Crippen LogP contribution in [0.1, 0.15) is 0 Å². The molecule has 0 heterocycles. The van der Waals surface area contributed by atoms with Gasteiger partial charge < -0.3 is 4.90 Å². The first kappa shape index (κ1) is 27.7. The Morgan fingerprint density at radius 2 is 0.776 bits per heavy atom. The molecule has 0 aliphatic carbocycles. The van der Waals surface area contributed by atoms with Crippen molar-refractivity contribution in [3.05, 3.63) is 188 Å². The van der Waals surface area contributed by atoms with Crippen molar-refractivity contribution in [2.45, 2.75) is 0 Å². The predicted molar refractivity (Wildman–Crippen MR) is 212 cm³/mol. The maximum atomic E-state index is 2.45. The van der Waals surface area contributed by atoms with Gasteiger partial charge in [0.15, 0.2) is 0 Å². The second-order valence-electron chi connectivity index (χ2n) is 12.9. The molecule has 0 saturated heterocycles. The topological polar surface area (TPSA) is 3.24 Å². The van der Waals surface area contributed by atoms with E-state index in [-0.39, 0.29) is 0 Å². The first-order valence-corrected chi connectivity index (χ1v) is 16.9. The third-order valence-corrected chi connectivity index (χ3v) is 10.1. The van der Waals surface area contributed by atoms with E-state index in [0.717, 1.165) is 11.4 Å². The molecule has 10 aromatic carbocycles. The highest BCUT2D eigenvalue weighted by Gasteiger charge is 2.23. The molecule has 0 aliphatic rings. The average molecular weight is 622 g/mol. The fourth-order valence-corrected chi connectivity index (χ4v) is 7.94. The minimum atomic E-state index is 1.13. The van der Waals surface area contributed by atoms with Gasteiger partial charge in [-0.05, 0) is 107 Å². The maximum Gasteiger partial charge on any atom is 0.0618 e. The molecule has 0 radical (unpaired) electrons. The Kier molecular flexibility index (Phi) is 6.25. The standard InChI is InChI=1S/C48H31N/c1-2-18-37(19-3-1)49(38-27-26-32-14-4-5-16-34(32)29-38)48-43-24-12-10-22-41(43)47(42-23-11-13-25-44(42)48)46-31-36-28-33-15-6-7-17-35(33)30-45(36)39-20-8-9-21-40(39)46/h1-31H. The van der Waals surface area contributed by atoms with Gasteiger partial charge in [0, 0.05) is 22.1 Å². The van der Waals surface area contributed by atoms with Crippen molar-refractivity contribution in [1.29, 1.82) is 0 Å². The van der Waals surface area contributed by atoms with Gasteiger partial charge in [-0.1, -0.05) is 146 Å². The van der Waals surface area contributed by atoms with Crippen LogP contribution in [0.3, 0.4) is 0 Å². The minimum absolute atomic E-state index is 1.13. The Hall–Kier alpha value is -6.44. The number of hydrogen-bond donors (Lipinski definition) is 0. The summed E-state index contributed by atoms with van der Waals surface area (Å²) in [7, 11) is 0. The van der Waals surface area contributed by atoms with Crippen molar-refractivity contribution in [2.24, 2.45) is 0 Å². The first-order chi connectivity index (χ1) is 24.3. The summed E-state index contributed by atoms with van der Waals surface area (Å²) in [4.78, 5) is 2.45. The molecule has 1 nitrogen and oxygen atoms in total. The molecule has 1 heteroatoms. The van der Waals surface area contributed by atoms with E-state index in [1.807, 2.05) is 0 Å². The second-order valence-corrected chi connectivity index (χ2v) is 12.9. The summed E-state index contributed by atoms with van der Waals surface area (Å²) in [5.74, 6) is 0. The summed E-state index contributed by atoms with van der Waals surface area (Å²) in [5, 5.41) is 15.0. The highest BCUT2D eigenvalue weighted by Crippen LogP contribution is 2.50. The van der Waals surface area contributed by atoms with Crippen molar-refractivity contribution in [3.8, 4) is 11.1 Å². The highest BCUT2D eigenvalue weighted by atomic mass is 15.1. The van der Waals surface area contributed by atoms with Crippen molar-refractivity contribution in [1.82, 2.24) is 0 Å². The van der Waals surface area contributed by atoms with Crippen LogP contribution in [0.2, 0.25) is 0 Å². The SMILES string of the molecule is c1ccc(N(c2ccc3ccccc3c2)c2c3ccccc3c(-c3cc4cc5ccccc5cc4c4ccccc34)c3ccccc23)cc1. The molecule has 0 amide bonds. The number of benzene rings is 10. The zero-order valence-corrected chi connectivity index (χ0v) is 26.8. The monoisotopic (exact) mass is 621 g/mol. The Bertz CT molecular complexity index is 2830. The summed E-state index contributed by atoms with van der Waals surface area (Å²) in [6.07, 6.45) is 0. The number of nitrogens with zero attached hydrogens (tertiary/aromatic N) is 1. The van der Waals surface area contributed by atoms with E-state index in [1.54, 1.807) is 0 Å². The van der Waals surface area contributed by atoms with E-state index in [9.17, 15) is 0 Å². The van der Waals surface area contributed by atoms with E-state index < -0.39 is 0 Å². The summed E-state index contributed by atoms with van der Waals surface area (Å²) in [6, 6.07) is 68.9. The summed E-state index contributed by atoms with van der Waals surface area (Å²) in [6.45, 7) is 0. The first-order valence-electron chi connectivity index (χ1n) is 16.9. The number of rotatable bonds is 4. The Balaban J connectivity index is 1.34. The van der Waals surface area contributed by atoms with Crippen LogP contribution in [0, 0.1) is 0 Å². The van der Waals surface area contributed by atoms with E-state index in [4.69, 9.17) is 0 Å². The molecular formula is C48H31N. The van der Waals surface area contributed by atoms with Crippen LogP contribution in [-0.2, 0) is 0 Å². The number of para-hydroxylation sites is 1. The molecule has 0 saturated carbocycles. The average Bonchev–Trinajstić information content (AvgIpc) is 3.17. The van der Waals surface area contributed by atoms with Gasteiger partial charge in [-0.3, -0.25) is 0 Å². The summed E-state index contributed by atoms with van der Waals surface area (Å²) in [5.41, 5.74) is 5.98. The van der Waals surface area contributed by atoms with Gasteiger partial charge >= 0.3 is 0 Å². The fourth-order valence-electron chi connectivity index (χ4n) is 7.94. The Morgan fingerprint density at radius 1 is 0.265 bits per heavy atom. The molecule has 0 aromatic heterocycles. The van der Waals surface area contributed by atoms with Crippen LogP contribution in [0.15, 0.2) is 188 Å². The normalized spacial score (nSPS) is 11.7. The maximum absolute atomic E-state index is 2.45. The largest absolute Gasteiger partial charge is 0.309 e. The molecule has 0 atom stereocenters. The van der Waals surface area contributed by atoms with Gasteiger partial charge in [-0.25, -0.2) is 0 Å². The lowest BCUT2D eigenvalue weighted by molar-refractivity contribution is 1.32. The van der Waals surface area contributed by atoms with Crippen molar-refractivity contribution < 1.29 is 0 Å². The van der Waals surface area contributed by atoms with Crippen LogP contribution >= 0.6 is 0 Å². The molecule has 0 aliphatic heterocycles. The lowest BCUT2D eigenvalue weighted by atomic mass is 9.86. The van der Waals surface area contributed by atoms with Crippen LogP contribution in [0.5, 0.6) is 0 Å². The lowest BCUT2D eigenvalue weighted by Crippen LogP contribution is -2.11. The quantitative estimate of drug-likeness (QED) is 0.140. The molecule has 0 spiro atoms. The molecule has 10 rings (SSSR count). The van der Waals surface area contributed by atoms with Gasteiger partial charge in [0.1, 0.15) is 0 Å². The summed E-state index contributed by atoms with van der Waals surface area (Å²) >= 11 is 0. The van der Waals surface area contributed by atoms with E-state index in [0.29, 0.717) is 0 Å². The predicted octanol–water partition coefficient (Wildman–Crippen LogP) is 13.7. The highest BCUT2D eigenvalue weighted by molar-refractivity contribution is 6.27. The smallest absolute Gasteiger partial charge is 0.0618 e. The molecule has 0 unspecified atom stereocenters. The molecular weight excluding hydrogens is 591 g/mol. The van der Waals surface area contributed by atoms with Gasteiger partial charge in [-0.2, -0.15) is 0 Å². The Morgan fingerprint density at radius 3 is 1.45 bits per heavy atom. The molecule has 228 valence electrons. The van der Waals surface area contributed by atoms with Crippen LogP contribution in [0.4, 0.5) is 17.1 Å². The lowest BCUT2D eigenvalue weighted by Gasteiger charge is -2.30. The molecule has 0 fully saturated rings. The third kappa shape index (κ3) is 4.40. The van der Waals surface area contributed by atoms with Gasteiger partial charge in [0.2, 0.25) is 0 Å². The third-order valence-electron chi connectivity index (χ3n) is 10.1.